The highest BCUT2D eigenvalue weighted by Crippen LogP contribution is 2.09. The van der Waals surface area contributed by atoms with Crippen LogP contribution in [0.5, 0.6) is 0 Å². The van der Waals surface area contributed by atoms with Crippen LogP contribution >= 0.6 is 0 Å². The van der Waals surface area contributed by atoms with Crippen LogP contribution in [0.25, 0.3) is 0 Å². The van der Waals surface area contributed by atoms with Crippen molar-refractivity contribution in [2.75, 3.05) is 0 Å². The maximum Gasteiger partial charge on any atom is -0.0351 e. The largest absolute Gasteiger partial charge is 0.0919 e. The fourth-order valence-electron chi connectivity index (χ4n) is 1.11. The van der Waals surface area contributed by atoms with Crippen LogP contribution in [0.4, 0.5) is 0 Å². The molecule has 0 amide bonds. The molecular weight excluding hydrogens is 144 g/mol. The lowest BCUT2D eigenvalue weighted by molar-refractivity contribution is 0.638. The normalized spacial score (nSPS) is 20.5. The molecule has 0 heteroatoms. The summed E-state index contributed by atoms with van der Waals surface area (Å²) in [5.41, 5.74) is 0. The van der Waals surface area contributed by atoms with Crippen molar-refractivity contribution in [1.82, 2.24) is 0 Å². The first-order valence-electron chi connectivity index (χ1n) is 5.14. The molecule has 0 aromatic heterocycles. The van der Waals surface area contributed by atoms with Crippen LogP contribution in [0.1, 0.15) is 52.4 Å². The number of hydrogen-bond acceptors (Lipinski definition) is 0. The van der Waals surface area contributed by atoms with E-state index >= 15 is 0 Å². The molecule has 0 atom stereocenters. The van der Waals surface area contributed by atoms with Crippen molar-refractivity contribution in [1.29, 1.82) is 0 Å². The Morgan fingerprint density at radius 1 is 0.750 bits per heavy atom. The van der Waals surface area contributed by atoms with Gasteiger partial charge in [0.05, 0.1) is 0 Å². The Balaban J connectivity index is 0.000000261. The second-order valence-electron chi connectivity index (χ2n) is 3.13. The van der Waals surface area contributed by atoms with E-state index < -0.39 is 0 Å². The minimum Gasteiger partial charge on any atom is -0.0919 e. The van der Waals surface area contributed by atoms with Gasteiger partial charge in [-0.2, -0.15) is 0 Å². The third-order valence-corrected chi connectivity index (χ3v) is 1.99. The zero-order chi connectivity index (χ0) is 9.07. The molecule has 1 aliphatic rings. The Kier molecular flexibility index (Phi) is 10.0. The van der Waals surface area contributed by atoms with Crippen molar-refractivity contribution in [2.24, 2.45) is 0 Å². The molecule has 0 saturated heterocycles. The van der Waals surface area contributed by atoms with E-state index in [4.69, 9.17) is 0 Å². The van der Waals surface area contributed by atoms with Crippen molar-refractivity contribution in [3.8, 4) is 0 Å². The Morgan fingerprint density at radius 3 is 1.50 bits per heavy atom. The molecule has 0 saturated carbocycles. The zero-order valence-corrected chi connectivity index (χ0v) is 8.55. The molecular formula is C12H22. The van der Waals surface area contributed by atoms with Crippen molar-refractivity contribution in [2.45, 2.75) is 52.4 Å². The highest BCUT2D eigenvalue weighted by Gasteiger charge is 1.89. The summed E-state index contributed by atoms with van der Waals surface area (Å²) in [5, 5.41) is 0. The third-order valence-electron chi connectivity index (χ3n) is 1.99. The van der Waals surface area contributed by atoms with Crippen molar-refractivity contribution in [3.05, 3.63) is 24.3 Å². The van der Waals surface area contributed by atoms with Gasteiger partial charge in [-0.1, -0.05) is 37.1 Å². The monoisotopic (exact) mass is 166 g/mol. The summed E-state index contributed by atoms with van der Waals surface area (Å²) < 4.78 is 0. The lowest BCUT2D eigenvalue weighted by Crippen LogP contribution is -1.80. The highest BCUT2D eigenvalue weighted by molar-refractivity contribution is 4.82. The van der Waals surface area contributed by atoms with Gasteiger partial charge in [0.2, 0.25) is 0 Å². The fourth-order valence-corrected chi connectivity index (χ4v) is 1.11. The van der Waals surface area contributed by atoms with Crippen molar-refractivity contribution < 1.29 is 0 Å². The lowest BCUT2D eigenvalue weighted by Gasteiger charge is -2.00. The average molecular weight is 166 g/mol. The summed E-state index contributed by atoms with van der Waals surface area (Å²) in [7, 11) is 0. The van der Waals surface area contributed by atoms with E-state index in [2.05, 4.69) is 12.2 Å². The molecule has 0 nitrogen and oxygen atoms in total. The molecule has 0 radical (unpaired) electrons. The van der Waals surface area contributed by atoms with Crippen LogP contribution < -0.4 is 0 Å². The van der Waals surface area contributed by atoms with Crippen LogP contribution in [0, 0.1) is 0 Å². The fraction of sp³-hybridized carbons (Fsp3) is 0.667. The summed E-state index contributed by atoms with van der Waals surface area (Å²) in [6, 6.07) is 0. The second kappa shape index (κ2) is 10.5. The van der Waals surface area contributed by atoms with Crippen molar-refractivity contribution in [3.63, 3.8) is 0 Å². The van der Waals surface area contributed by atoms with Gasteiger partial charge in [-0.25, -0.2) is 0 Å². The van der Waals surface area contributed by atoms with Gasteiger partial charge in [-0.3, -0.25) is 0 Å². The second-order valence-corrected chi connectivity index (χ2v) is 3.13. The summed E-state index contributed by atoms with van der Waals surface area (Å²) in [5.74, 6) is 0. The SMILES string of the molecule is C/C=C/C.C1=C\CCCCCC/1. The maximum atomic E-state index is 2.32. The molecule has 0 heterocycles. The van der Waals surface area contributed by atoms with Gasteiger partial charge in [0.25, 0.3) is 0 Å². The Bertz CT molecular complexity index is 106. The summed E-state index contributed by atoms with van der Waals surface area (Å²) in [4.78, 5) is 0. The Labute approximate surface area is 77.4 Å². The minimum absolute atomic E-state index is 1.32. The van der Waals surface area contributed by atoms with Gasteiger partial charge in [0.15, 0.2) is 0 Å². The van der Waals surface area contributed by atoms with Crippen molar-refractivity contribution >= 4 is 0 Å². The minimum atomic E-state index is 1.32. The predicted octanol–water partition coefficient (Wildman–Crippen LogP) is 4.48. The molecule has 0 unspecified atom stereocenters. The first-order valence-corrected chi connectivity index (χ1v) is 5.14. The molecule has 0 aromatic rings. The van der Waals surface area contributed by atoms with E-state index in [0.717, 1.165) is 0 Å². The van der Waals surface area contributed by atoms with Crippen LogP contribution in [0.2, 0.25) is 0 Å². The molecule has 70 valence electrons. The van der Waals surface area contributed by atoms with E-state index in [9.17, 15) is 0 Å². The Hall–Kier alpha value is -0.520. The van der Waals surface area contributed by atoms with E-state index in [1.54, 1.807) is 0 Å². The topological polar surface area (TPSA) is 0 Å². The lowest BCUT2D eigenvalue weighted by atomic mass is 10.1. The standard InChI is InChI=1S/C8H14.C4H8/c1-2-4-6-8-7-5-3-1;1-3-4-2/h1-2H,3-8H2;3-4H,1-2H3/b2-1-;4-3+. The molecule has 0 fully saturated rings. The summed E-state index contributed by atoms with van der Waals surface area (Å²) in [6.07, 6.45) is 17.0. The zero-order valence-electron chi connectivity index (χ0n) is 8.55. The third kappa shape index (κ3) is 9.48. The predicted molar refractivity (Wildman–Crippen MR) is 57.3 cm³/mol. The molecule has 1 aliphatic carbocycles. The van der Waals surface area contributed by atoms with Gasteiger partial charge >= 0.3 is 0 Å². The van der Waals surface area contributed by atoms with Gasteiger partial charge in [0.1, 0.15) is 0 Å². The van der Waals surface area contributed by atoms with Gasteiger partial charge in [0, 0.05) is 0 Å². The first kappa shape index (κ1) is 11.5. The number of rotatable bonds is 0. The van der Waals surface area contributed by atoms with E-state index in [1.165, 1.54) is 38.5 Å². The quantitative estimate of drug-likeness (QED) is 0.465. The summed E-state index contributed by atoms with van der Waals surface area (Å²) >= 11 is 0. The van der Waals surface area contributed by atoms with Crippen LogP contribution in [-0.2, 0) is 0 Å². The summed E-state index contributed by atoms with van der Waals surface area (Å²) in [6.45, 7) is 4.00. The molecule has 0 spiro atoms. The molecule has 0 aromatic carbocycles. The van der Waals surface area contributed by atoms with E-state index in [1.807, 2.05) is 26.0 Å². The molecule has 1 rings (SSSR count). The van der Waals surface area contributed by atoms with Gasteiger partial charge in [-0.15, -0.1) is 0 Å². The highest BCUT2D eigenvalue weighted by atomic mass is 14.0. The van der Waals surface area contributed by atoms with Gasteiger partial charge in [-0.05, 0) is 39.5 Å². The molecule has 12 heavy (non-hydrogen) atoms. The Morgan fingerprint density at radius 2 is 1.17 bits per heavy atom. The first-order chi connectivity index (χ1) is 5.91. The number of allylic oxidation sites excluding steroid dienone is 4. The number of hydrogen-bond donors (Lipinski definition) is 0. The smallest absolute Gasteiger partial charge is 0.0351 e. The van der Waals surface area contributed by atoms with E-state index in [-0.39, 0.29) is 0 Å². The van der Waals surface area contributed by atoms with E-state index in [0.29, 0.717) is 0 Å². The molecule has 0 N–H and O–H groups in total. The maximum absolute atomic E-state index is 2.32. The van der Waals surface area contributed by atoms with Crippen LogP contribution in [0.15, 0.2) is 24.3 Å². The van der Waals surface area contributed by atoms with Crippen LogP contribution in [0.3, 0.4) is 0 Å². The van der Waals surface area contributed by atoms with Gasteiger partial charge < -0.3 is 0 Å². The molecule has 0 bridgehead atoms. The molecule has 0 aliphatic heterocycles. The van der Waals surface area contributed by atoms with Crippen LogP contribution in [-0.4, -0.2) is 0 Å². The average Bonchev–Trinajstić information content (AvgIpc) is 2.04.